The number of carbonyl (C=O) groups is 2. The van der Waals surface area contributed by atoms with Crippen LogP contribution in [0.4, 0.5) is 0 Å². The first-order valence-corrected chi connectivity index (χ1v) is 3.26. The number of rotatable bonds is 3. The monoisotopic (exact) mass is 200 g/mol. The van der Waals surface area contributed by atoms with Crippen LogP contribution in [0.15, 0.2) is 22.8 Å². The van der Waals surface area contributed by atoms with Crippen LogP contribution < -0.4 is 0 Å². The van der Waals surface area contributed by atoms with Crippen LogP contribution in [0.1, 0.15) is 23.9 Å². The molecule has 0 spiro atoms. The van der Waals surface area contributed by atoms with Gasteiger partial charge in [0.25, 0.3) is 0 Å². The molecular weight excluding hydrogens is 192 g/mol. The number of carbonyl (C=O) groups excluding carboxylic acids is 2. The smallest absolute Gasteiger partial charge is 0.205 e. The fourth-order valence-corrected chi connectivity index (χ4v) is 0.750. The number of hydrogen-bond donors (Lipinski definition) is 0. The standard InChI is InChI=1S/C8H8O3.Ti/c1-6(9)5-7(10)8-3-2-4-11-8;/h2-4H,5H2,1H3;. The zero-order valence-corrected chi connectivity index (χ0v) is 8.23. The molecule has 1 aromatic rings. The molecule has 0 saturated heterocycles. The Morgan fingerprint density at radius 3 is 2.58 bits per heavy atom. The zero-order valence-electron chi connectivity index (χ0n) is 6.66. The van der Waals surface area contributed by atoms with Crippen molar-refractivity contribution in [3.8, 4) is 0 Å². The maximum absolute atomic E-state index is 11.0. The maximum Gasteiger partial charge on any atom is 0.205 e. The molecule has 1 rings (SSSR count). The Bertz CT molecular complexity index is 264. The van der Waals surface area contributed by atoms with Crippen molar-refractivity contribution in [2.75, 3.05) is 0 Å². The maximum atomic E-state index is 11.0. The third-order valence-corrected chi connectivity index (χ3v) is 1.21. The van der Waals surface area contributed by atoms with E-state index in [9.17, 15) is 9.59 Å². The number of hydrogen-bond acceptors (Lipinski definition) is 3. The van der Waals surface area contributed by atoms with Crippen molar-refractivity contribution in [1.82, 2.24) is 0 Å². The molecule has 3 nitrogen and oxygen atoms in total. The first-order chi connectivity index (χ1) is 5.20. The van der Waals surface area contributed by atoms with Gasteiger partial charge in [-0.1, -0.05) is 0 Å². The summed E-state index contributed by atoms with van der Waals surface area (Å²) in [4.78, 5) is 21.5. The van der Waals surface area contributed by atoms with Crippen molar-refractivity contribution in [2.24, 2.45) is 0 Å². The topological polar surface area (TPSA) is 47.3 Å². The molecule has 0 radical (unpaired) electrons. The van der Waals surface area contributed by atoms with Gasteiger partial charge in [0, 0.05) is 21.7 Å². The summed E-state index contributed by atoms with van der Waals surface area (Å²) in [6, 6.07) is 3.17. The van der Waals surface area contributed by atoms with Crippen LogP contribution in [-0.2, 0) is 26.5 Å². The Hall–Kier alpha value is -0.666. The first kappa shape index (κ1) is 11.3. The van der Waals surface area contributed by atoms with Crippen LogP contribution in [0.5, 0.6) is 0 Å². The quantitative estimate of drug-likeness (QED) is 0.421. The van der Waals surface area contributed by atoms with Crippen molar-refractivity contribution in [3.05, 3.63) is 24.2 Å². The van der Waals surface area contributed by atoms with Crippen LogP contribution in [0.25, 0.3) is 0 Å². The predicted octanol–water partition coefficient (Wildman–Crippen LogP) is 1.44. The molecule has 0 amide bonds. The fraction of sp³-hybridized carbons (Fsp3) is 0.250. The minimum atomic E-state index is -0.262. The molecule has 0 saturated carbocycles. The number of furan rings is 1. The van der Waals surface area contributed by atoms with E-state index in [1.807, 2.05) is 0 Å². The van der Waals surface area contributed by atoms with Gasteiger partial charge in [-0.05, 0) is 19.1 Å². The second-order valence-electron chi connectivity index (χ2n) is 2.28. The molecule has 0 aliphatic rings. The van der Waals surface area contributed by atoms with E-state index in [1.54, 1.807) is 12.1 Å². The normalized spacial score (nSPS) is 8.75. The second kappa shape index (κ2) is 5.06. The predicted molar refractivity (Wildman–Crippen MR) is 38.3 cm³/mol. The molecule has 0 fully saturated rings. The summed E-state index contributed by atoms with van der Waals surface area (Å²) >= 11 is 0. The number of Topliss-reactive ketones (excluding diaryl/α,β-unsaturated/α-hetero) is 2. The molecule has 12 heavy (non-hydrogen) atoms. The van der Waals surface area contributed by atoms with Gasteiger partial charge < -0.3 is 4.42 Å². The molecule has 0 atom stereocenters. The van der Waals surface area contributed by atoms with Gasteiger partial charge in [0.2, 0.25) is 5.78 Å². The molecule has 0 aromatic carbocycles. The van der Waals surface area contributed by atoms with Gasteiger partial charge in [0.05, 0.1) is 12.7 Å². The van der Waals surface area contributed by atoms with E-state index in [-0.39, 0.29) is 45.5 Å². The molecule has 0 unspecified atom stereocenters. The van der Waals surface area contributed by atoms with E-state index in [0.717, 1.165) is 0 Å². The van der Waals surface area contributed by atoms with Crippen molar-refractivity contribution < 1.29 is 35.7 Å². The summed E-state index contributed by atoms with van der Waals surface area (Å²) in [5.74, 6) is -0.158. The van der Waals surface area contributed by atoms with Crippen molar-refractivity contribution in [2.45, 2.75) is 13.3 Å². The molecule has 4 heteroatoms. The fourth-order valence-electron chi connectivity index (χ4n) is 0.750. The van der Waals surface area contributed by atoms with Crippen LogP contribution in [-0.4, -0.2) is 11.6 Å². The Morgan fingerprint density at radius 1 is 1.50 bits per heavy atom. The SMILES string of the molecule is CC(=O)CC(=O)c1ccco1.[Ti]. The molecule has 0 aliphatic heterocycles. The second-order valence-corrected chi connectivity index (χ2v) is 2.28. The van der Waals surface area contributed by atoms with Gasteiger partial charge >= 0.3 is 0 Å². The summed E-state index contributed by atoms with van der Waals surface area (Å²) in [5, 5.41) is 0. The van der Waals surface area contributed by atoms with Crippen LogP contribution in [0, 0.1) is 0 Å². The summed E-state index contributed by atoms with van der Waals surface area (Å²) in [6.45, 7) is 1.38. The van der Waals surface area contributed by atoms with E-state index in [0.29, 0.717) is 0 Å². The van der Waals surface area contributed by atoms with E-state index in [1.165, 1.54) is 13.2 Å². The van der Waals surface area contributed by atoms with Crippen LogP contribution >= 0.6 is 0 Å². The van der Waals surface area contributed by atoms with Gasteiger partial charge in [-0.25, -0.2) is 0 Å². The summed E-state index contributed by atoms with van der Waals surface area (Å²) in [7, 11) is 0. The molecule has 0 bridgehead atoms. The van der Waals surface area contributed by atoms with Crippen molar-refractivity contribution in [3.63, 3.8) is 0 Å². The van der Waals surface area contributed by atoms with Gasteiger partial charge in [0.15, 0.2) is 5.76 Å². The van der Waals surface area contributed by atoms with Crippen molar-refractivity contribution >= 4 is 11.6 Å². The van der Waals surface area contributed by atoms with E-state index in [2.05, 4.69) is 0 Å². The largest absolute Gasteiger partial charge is 0.461 e. The van der Waals surface area contributed by atoms with Gasteiger partial charge in [0.1, 0.15) is 5.78 Å². The zero-order chi connectivity index (χ0) is 8.27. The molecular formula is C8H8O3Ti. The van der Waals surface area contributed by atoms with Crippen LogP contribution in [0.3, 0.4) is 0 Å². The van der Waals surface area contributed by atoms with Gasteiger partial charge in [-0.15, -0.1) is 0 Å². The Morgan fingerprint density at radius 2 is 2.17 bits per heavy atom. The third-order valence-electron chi connectivity index (χ3n) is 1.21. The van der Waals surface area contributed by atoms with Crippen molar-refractivity contribution in [1.29, 1.82) is 0 Å². The first-order valence-electron chi connectivity index (χ1n) is 3.26. The Balaban J connectivity index is 0.00000121. The molecule has 62 valence electrons. The average Bonchev–Trinajstić information content (AvgIpc) is 2.35. The van der Waals surface area contributed by atoms with Crippen LogP contribution in [0.2, 0.25) is 0 Å². The molecule has 1 aromatic heterocycles. The summed E-state index contributed by atoms with van der Waals surface area (Å²) in [6.07, 6.45) is 1.33. The Kier molecular flexibility index (Phi) is 4.78. The van der Waals surface area contributed by atoms with Gasteiger partial charge in [-0.3, -0.25) is 9.59 Å². The van der Waals surface area contributed by atoms with E-state index < -0.39 is 0 Å². The average molecular weight is 200 g/mol. The molecule has 0 N–H and O–H groups in total. The molecule has 0 aliphatic carbocycles. The minimum absolute atomic E-state index is 0. The number of ketones is 2. The third kappa shape index (κ3) is 3.16. The van der Waals surface area contributed by atoms with Gasteiger partial charge in [-0.2, -0.15) is 0 Å². The minimum Gasteiger partial charge on any atom is -0.461 e. The Labute approximate surface area is 85.0 Å². The molecule has 1 heterocycles. The van der Waals surface area contributed by atoms with E-state index in [4.69, 9.17) is 4.42 Å². The summed E-state index contributed by atoms with van der Waals surface area (Å²) < 4.78 is 4.79. The summed E-state index contributed by atoms with van der Waals surface area (Å²) in [5.41, 5.74) is 0. The van der Waals surface area contributed by atoms with E-state index >= 15 is 0 Å².